The van der Waals surface area contributed by atoms with E-state index in [0.29, 0.717) is 5.69 Å². The zero-order chi connectivity index (χ0) is 23.7. The van der Waals surface area contributed by atoms with Gasteiger partial charge in [0.2, 0.25) is 6.41 Å². The predicted octanol–water partition coefficient (Wildman–Crippen LogP) is 2.57. The molecule has 0 aliphatic carbocycles. The number of carbonyl (C=O) groups is 4. The zero-order valence-corrected chi connectivity index (χ0v) is 17.4. The number of halogens is 1. The van der Waals surface area contributed by atoms with E-state index in [-0.39, 0.29) is 23.3 Å². The Morgan fingerprint density at radius 1 is 0.969 bits per heavy atom. The van der Waals surface area contributed by atoms with Gasteiger partial charge in [0, 0.05) is 5.69 Å². The van der Waals surface area contributed by atoms with Gasteiger partial charge in [0.05, 0.1) is 44.3 Å². The van der Waals surface area contributed by atoms with Crippen LogP contribution in [0, 0.1) is 5.82 Å². The molecule has 0 radical (unpaired) electrons. The molecule has 0 saturated heterocycles. The third kappa shape index (κ3) is 5.59. The average Bonchev–Trinajstić information content (AvgIpc) is 2.81. The maximum atomic E-state index is 15.7. The minimum atomic E-state index is -1.05. The molecule has 2 aromatic carbocycles. The quantitative estimate of drug-likeness (QED) is 0.231. The van der Waals surface area contributed by atoms with Crippen molar-refractivity contribution in [3.8, 4) is 0 Å². The molecule has 168 valence electrons. The van der Waals surface area contributed by atoms with E-state index in [4.69, 9.17) is 4.74 Å². The minimum absolute atomic E-state index is 0.212. The van der Waals surface area contributed by atoms with Gasteiger partial charge < -0.3 is 30.2 Å². The van der Waals surface area contributed by atoms with E-state index in [9.17, 15) is 19.2 Å². The fourth-order valence-corrected chi connectivity index (χ4v) is 2.58. The fourth-order valence-electron chi connectivity index (χ4n) is 2.58. The van der Waals surface area contributed by atoms with Gasteiger partial charge in [-0.15, -0.1) is 0 Å². The molecular formula is C21H20FN3O7. The Balaban J connectivity index is 2.71. The lowest BCUT2D eigenvalue weighted by Gasteiger charge is -2.19. The maximum Gasteiger partial charge on any atom is 0.354 e. The van der Waals surface area contributed by atoms with E-state index >= 15 is 4.39 Å². The summed E-state index contributed by atoms with van der Waals surface area (Å²) in [4.78, 5) is 47.1. The van der Waals surface area contributed by atoms with Gasteiger partial charge in [-0.1, -0.05) is 18.2 Å². The largest absolute Gasteiger partial charge is 0.466 e. The average molecular weight is 445 g/mol. The molecule has 0 heterocycles. The van der Waals surface area contributed by atoms with Crippen LogP contribution in [0.15, 0.2) is 48.2 Å². The molecule has 0 fully saturated rings. The molecule has 2 aromatic rings. The Bertz CT molecular complexity index is 1060. The second-order valence-corrected chi connectivity index (χ2v) is 5.98. The Morgan fingerprint density at radius 2 is 1.66 bits per heavy atom. The van der Waals surface area contributed by atoms with Crippen molar-refractivity contribution in [3.05, 3.63) is 59.6 Å². The number of carbonyl (C=O) groups excluding carboxylic acids is 4. The summed E-state index contributed by atoms with van der Waals surface area (Å²) >= 11 is 0. The van der Waals surface area contributed by atoms with Crippen molar-refractivity contribution >= 4 is 47.1 Å². The molecule has 0 aliphatic rings. The van der Waals surface area contributed by atoms with Crippen molar-refractivity contribution in [1.82, 2.24) is 0 Å². The molecule has 3 N–H and O–H groups in total. The molecule has 1 amide bonds. The number of hydrogen-bond acceptors (Lipinski definition) is 9. The van der Waals surface area contributed by atoms with Crippen molar-refractivity contribution in [2.24, 2.45) is 0 Å². The number of esters is 3. The van der Waals surface area contributed by atoms with E-state index in [1.54, 1.807) is 30.3 Å². The Hall–Kier alpha value is -4.41. The van der Waals surface area contributed by atoms with Crippen LogP contribution >= 0.6 is 0 Å². The summed E-state index contributed by atoms with van der Waals surface area (Å²) in [5.74, 6) is -3.87. The summed E-state index contributed by atoms with van der Waals surface area (Å²) < 4.78 is 29.5. The number of methoxy groups -OCH3 is 3. The summed E-state index contributed by atoms with van der Waals surface area (Å²) in [6, 6.07) is 9.52. The monoisotopic (exact) mass is 445 g/mol. The lowest BCUT2D eigenvalue weighted by Crippen LogP contribution is -2.18. The van der Waals surface area contributed by atoms with Crippen LogP contribution in [-0.2, 0) is 28.6 Å². The lowest BCUT2D eigenvalue weighted by molar-refractivity contribution is -0.138. The molecule has 0 saturated carbocycles. The van der Waals surface area contributed by atoms with Gasteiger partial charge in [-0.05, 0) is 18.2 Å². The van der Waals surface area contributed by atoms with Crippen molar-refractivity contribution in [2.45, 2.75) is 0 Å². The highest BCUT2D eigenvalue weighted by Gasteiger charge is 2.25. The van der Waals surface area contributed by atoms with Crippen LogP contribution in [0.25, 0.3) is 0 Å². The lowest BCUT2D eigenvalue weighted by atomic mass is 10.1. The summed E-state index contributed by atoms with van der Waals surface area (Å²) in [5.41, 5.74) is -1.22. The normalized spacial score (nSPS) is 10.6. The Kier molecular flexibility index (Phi) is 8.29. The molecular weight excluding hydrogens is 425 g/mol. The molecule has 11 heteroatoms. The van der Waals surface area contributed by atoms with Gasteiger partial charge in [-0.2, -0.15) is 0 Å². The summed E-state index contributed by atoms with van der Waals surface area (Å²) in [5, 5.41) is 7.44. The molecule has 0 atom stereocenters. The standard InChI is InChI=1S/C21H20FN3O7/c1-30-16(27)10-15(21(29)32-3)25-19-14(23-11-26)9-13(20(28)31-2)18(17(19)22)24-12-7-5-4-6-8-12/h4-11,24-25H,1-3H3,(H,23,26)/b15-10+. The van der Waals surface area contributed by atoms with Crippen LogP contribution in [0.5, 0.6) is 0 Å². The van der Waals surface area contributed by atoms with Crippen LogP contribution in [0.3, 0.4) is 0 Å². The van der Waals surface area contributed by atoms with Gasteiger partial charge >= 0.3 is 17.9 Å². The second kappa shape index (κ2) is 11.1. The van der Waals surface area contributed by atoms with Crippen LogP contribution in [-0.4, -0.2) is 45.6 Å². The first-order valence-corrected chi connectivity index (χ1v) is 8.98. The molecule has 0 unspecified atom stereocenters. The molecule has 2 rings (SSSR count). The minimum Gasteiger partial charge on any atom is -0.466 e. The summed E-state index contributed by atoms with van der Waals surface area (Å²) in [6.45, 7) is 0. The number of amides is 1. The zero-order valence-electron chi connectivity index (χ0n) is 17.4. The number of anilines is 4. The first-order chi connectivity index (χ1) is 15.4. The third-order valence-corrected chi connectivity index (χ3v) is 4.06. The van der Waals surface area contributed by atoms with Gasteiger partial charge in [0.25, 0.3) is 0 Å². The molecule has 10 nitrogen and oxygen atoms in total. The Labute approximate surface area is 182 Å². The third-order valence-electron chi connectivity index (χ3n) is 4.06. The topological polar surface area (TPSA) is 132 Å². The van der Waals surface area contributed by atoms with Crippen LogP contribution in [0.4, 0.5) is 27.1 Å². The first kappa shape index (κ1) is 23.9. The number of para-hydroxylation sites is 1. The summed E-state index contributed by atoms with van der Waals surface area (Å²) in [7, 11) is 3.25. The number of rotatable bonds is 9. The fraction of sp³-hybridized carbons (Fsp3) is 0.143. The van der Waals surface area contributed by atoms with E-state index in [1.807, 2.05) is 0 Å². The van der Waals surface area contributed by atoms with E-state index in [1.165, 1.54) is 0 Å². The number of ether oxygens (including phenoxy) is 3. The Morgan fingerprint density at radius 3 is 2.22 bits per heavy atom. The van der Waals surface area contributed by atoms with Gasteiger partial charge in [0.1, 0.15) is 11.4 Å². The highest BCUT2D eigenvalue weighted by atomic mass is 19.1. The molecule has 0 bridgehead atoms. The van der Waals surface area contributed by atoms with Crippen LogP contribution in [0.2, 0.25) is 0 Å². The predicted molar refractivity (Wildman–Crippen MR) is 113 cm³/mol. The van der Waals surface area contributed by atoms with Crippen molar-refractivity contribution in [3.63, 3.8) is 0 Å². The maximum absolute atomic E-state index is 15.7. The van der Waals surface area contributed by atoms with Gasteiger partial charge in [-0.3, -0.25) is 4.79 Å². The second-order valence-electron chi connectivity index (χ2n) is 5.98. The number of benzene rings is 2. The molecule has 32 heavy (non-hydrogen) atoms. The molecule has 0 aliphatic heterocycles. The van der Waals surface area contributed by atoms with Crippen molar-refractivity contribution < 1.29 is 37.8 Å². The van der Waals surface area contributed by atoms with E-state index in [2.05, 4.69) is 25.4 Å². The number of nitrogens with one attached hydrogen (secondary N) is 3. The molecule has 0 spiro atoms. The van der Waals surface area contributed by atoms with Gasteiger partial charge in [-0.25, -0.2) is 18.8 Å². The summed E-state index contributed by atoms with van der Waals surface area (Å²) in [6.07, 6.45) is 0.988. The van der Waals surface area contributed by atoms with Crippen LogP contribution < -0.4 is 16.0 Å². The van der Waals surface area contributed by atoms with Gasteiger partial charge in [0.15, 0.2) is 5.82 Å². The van der Waals surface area contributed by atoms with Crippen LogP contribution in [0.1, 0.15) is 10.4 Å². The SMILES string of the molecule is COC(=O)/C=C(/Nc1c(NC=O)cc(C(=O)OC)c(Nc2ccccc2)c1F)C(=O)OC. The highest BCUT2D eigenvalue weighted by Crippen LogP contribution is 2.37. The smallest absolute Gasteiger partial charge is 0.354 e. The molecule has 0 aromatic heterocycles. The van der Waals surface area contributed by atoms with E-state index < -0.39 is 35.1 Å². The highest BCUT2D eigenvalue weighted by molar-refractivity contribution is 6.04. The van der Waals surface area contributed by atoms with Crippen molar-refractivity contribution in [2.75, 3.05) is 37.3 Å². The number of hydrogen-bond donors (Lipinski definition) is 3. The van der Waals surface area contributed by atoms with E-state index in [0.717, 1.165) is 33.5 Å². The van der Waals surface area contributed by atoms with Crippen molar-refractivity contribution in [1.29, 1.82) is 0 Å². The first-order valence-electron chi connectivity index (χ1n) is 8.98.